The summed E-state index contributed by atoms with van der Waals surface area (Å²) < 4.78 is 10.0. The molecule has 0 radical (unpaired) electrons. The molecule has 0 spiro atoms. The molecule has 1 aliphatic rings. The third kappa shape index (κ3) is 5.28. The van der Waals surface area contributed by atoms with Crippen LogP contribution in [0.25, 0.3) is 0 Å². The second-order valence-electron chi connectivity index (χ2n) is 6.68. The molecule has 0 unspecified atom stereocenters. The fourth-order valence-corrected chi connectivity index (χ4v) is 3.20. The van der Waals surface area contributed by atoms with Crippen molar-refractivity contribution in [2.45, 2.75) is 6.42 Å². The van der Waals surface area contributed by atoms with Crippen LogP contribution < -0.4 is 15.0 Å². The summed E-state index contributed by atoms with van der Waals surface area (Å²) in [6.45, 7) is -0.541. The highest BCUT2D eigenvalue weighted by molar-refractivity contribution is 6.30. The van der Waals surface area contributed by atoms with Crippen LogP contribution >= 0.6 is 11.6 Å². The average Bonchev–Trinajstić information content (AvgIpc) is 3.14. The van der Waals surface area contributed by atoms with Crippen LogP contribution in [0.3, 0.4) is 0 Å². The summed E-state index contributed by atoms with van der Waals surface area (Å²) in [6.07, 6.45) is -0.0512. The van der Waals surface area contributed by atoms with Crippen molar-refractivity contribution in [2.24, 2.45) is 5.92 Å². The normalized spacial score (nSPS) is 15.5. The lowest BCUT2D eigenvalue weighted by molar-refractivity contribution is -0.383. The van der Waals surface area contributed by atoms with Crippen LogP contribution in [0.4, 0.5) is 17.1 Å². The van der Waals surface area contributed by atoms with Crippen LogP contribution in [0.2, 0.25) is 5.02 Å². The zero-order chi connectivity index (χ0) is 22.5. The molecule has 3 rings (SSSR count). The number of nitrogens with one attached hydrogen (secondary N) is 1. The number of nitro benzene ring substituents is 1. The van der Waals surface area contributed by atoms with Gasteiger partial charge in [-0.3, -0.25) is 24.5 Å². The molecular weight excluding hydrogens is 430 g/mol. The van der Waals surface area contributed by atoms with Gasteiger partial charge in [0.15, 0.2) is 6.61 Å². The van der Waals surface area contributed by atoms with Crippen LogP contribution in [0.1, 0.15) is 6.42 Å². The molecule has 2 amide bonds. The smallest absolute Gasteiger partial charge is 0.311 e. The molecule has 0 bridgehead atoms. The monoisotopic (exact) mass is 447 g/mol. The van der Waals surface area contributed by atoms with E-state index in [1.54, 1.807) is 24.3 Å². The Morgan fingerprint density at radius 1 is 1.26 bits per heavy atom. The van der Waals surface area contributed by atoms with Crippen LogP contribution in [0.15, 0.2) is 42.5 Å². The van der Waals surface area contributed by atoms with Crippen LogP contribution in [-0.2, 0) is 19.1 Å². The van der Waals surface area contributed by atoms with E-state index in [1.165, 1.54) is 30.2 Å². The molecule has 31 heavy (non-hydrogen) atoms. The van der Waals surface area contributed by atoms with E-state index in [0.717, 1.165) is 0 Å². The first-order valence-electron chi connectivity index (χ1n) is 9.13. The molecule has 1 atom stereocenters. The minimum absolute atomic E-state index is 0.0512. The van der Waals surface area contributed by atoms with Gasteiger partial charge >= 0.3 is 5.97 Å². The molecule has 11 heteroatoms. The van der Waals surface area contributed by atoms with E-state index < -0.39 is 29.3 Å². The summed E-state index contributed by atoms with van der Waals surface area (Å²) >= 11 is 5.85. The lowest BCUT2D eigenvalue weighted by Crippen LogP contribution is -2.28. The Balaban J connectivity index is 1.57. The Bertz CT molecular complexity index is 1030. The molecule has 1 heterocycles. The minimum Gasteiger partial charge on any atom is -0.497 e. The first-order valence-corrected chi connectivity index (χ1v) is 9.51. The molecule has 0 saturated carbocycles. The maximum atomic E-state index is 12.3. The number of hydrogen-bond acceptors (Lipinski definition) is 7. The molecular formula is C20H18ClN3O7. The number of nitrogens with zero attached hydrogens (tertiary/aromatic N) is 2. The van der Waals surface area contributed by atoms with Gasteiger partial charge in [0.05, 0.1) is 18.0 Å². The number of carbonyl (C=O) groups is 3. The van der Waals surface area contributed by atoms with Crippen LogP contribution in [-0.4, -0.2) is 43.0 Å². The zero-order valence-corrected chi connectivity index (χ0v) is 17.1. The van der Waals surface area contributed by atoms with Crippen molar-refractivity contribution in [1.82, 2.24) is 0 Å². The van der Waals surface area contributed by atoms with E-state index in [2.05, 4.69) is 5.32 Å². The van der Waals surface area contributed by atoms with Crippen molar-refractivity contribution in [3.8, 4) is 5.75 Å². The number of halogens is 1. The fraction of sp³-hybridized carbons (Fsp3) is 0.250. The van der Waals surface area contributed by atoms with Gasteiger partial charge in [0.2, 0.25) is 5.91 Å². The largest absolute Gasteiger partial charge is 0.497 e. The van der Waals surface area contributed by atoms with E-state index >= 15 is 0 Å². The SMILES string of the molecule is COc1ccc([N+](=O)[O-])c(NC(=O)COC(=O)[C@@H]2CC(=O)N(c3ccc(Cl)cc3)C2)c1. The Kier molecular flexibility index (Phi) is 6.71. The van der Waals surface area contributed by atoms with Crippen molar-refractivity contribution in [1.29, 1.82) is 0 Å². The highest BCUT2D eigenvalue weighted by Crippen LogP contribution is 2.29. The summed E-state index contributed by atoms with van der Waals surface area (Å²) in [7, 11) is 1.38. The second kappa shape index (κ2) is 9.43. The Morgan fingerprint density at radius 2 is 1.97 bits per heavy atom. The summed E-state index contributed by atoms with van der Waals surface area (Å²) in [5.74, 6) is -2.14. The molecule has 162 valence electrons. The number of anilines is 2. The Morgan fingerprint density at radius 3 is 2.61 bits per heavy atom. The molecule has 0 aromatic heterocycles. The number of methoxy groups -OCH3 is 1. The molecule has 0 aliphatic carbocycles. The van der Waals surface area contributed by atoms with Gasteiger partial charge in [-0.15, -0.1) is 0 Å². The van der Waals surface area contributed by atoms with Gasteiger partial charge in [-0.05, 0) is 30.3 Å². The first kappa shape index (κ1) is 22.0. The summed E-state index contributed by atoms with van der Waals surface area (Å²) in [4.78, 5) is 48.6. The number of amides is 2. The highest BCUT2D eigenvalue weighted by atomic mass is 35.5. The standard InChI is InChI=1S/C20H18ClN3O7/c1-30-15-6-7-17(24(28)29)16(9-15)22-18(25)11-31-20(27)12-8-19(26)23(10-12)14-4-2-13(21)3-5-14/h2-7,9,12H,8,10-11H2,1H3,(H,22,25)/t12-/m1/s1. The first-order chi connectivity index (χ1) is 14.8. The van der Waals surface area contributed by atoms with Gasteiger partial charge in [0.25, 0.3) is 11.6 Å². The summed E-state index contributed by atoms with van der Waals surface area (Å²) in [6, 6.07) is 10.5. The van der Waals surface area contributed by atoms with Crippen molar-refractivity contribution in [3.63, 3.8) is 0 Å². The van der Waals surface area contributed by atoms with Gasteiger partial charge in [0, 0.05) is 35.8 Å². The van der Waals surface area contributed by atoms with Crippen molar-refractivity contribution < 1.29 is 28.8 Å². The highest BCUT2D eigenvalue weighted by Gasteiger charge is 2.36. The van der Waals surface area contributed by atoms with E-state index in [4.69, 9.17) is 21.1 Å². The molecule has 1 saturated heterocycles. The molecule has 1 fully saturated rings. The Labute approximate surface area is 181 Å². The van der Waals surface area contributed by atoms with Crippen LogP contribution in [0.5, 0.6) is 5.75 Å². The van der Waals surface area contributed by atoms with Crippen molar-refractivity contribution >= 4 is 46.4 Å². The topological polar surface area (TPSA) is 128 Å². The van der Waals surface area contributed by atoms with E-state index in [1.807, 2.05) is 0 Å². The number of nitro groups is 1. The number of rotatable bonds is 7. The number of ether oxygens (including phenoxy) is 2. The van der Waals surface area contributed by atoms with Gasteiger partial charge in [-0.25, -0.2) is 0 Å². The molecule has 1 N–H and O–H groups in total. The summed E-state index contributed by atoms with van der Waals surface area (Å²) in [5, 5.41) is 14.0. The fourth-order valence-electron chi connectivity index (χ4n) is 3.08. The minimum atomic E-state index is -0.761. The van der Waals surface area contributed by atoms with Gasteiger partial charge < -0.3 is 19.7 Å². The van der Waals surface area contributed by atoms with Crippen molar-refractivity contribution in [3.05, 3.63) is 57.6 Å². The predicted octanol–water partition coefficient (Wildman–Crippen LogP) is 2.79. The van der Waals surface area contributed by atoms with E-state index in [0.29, 0.717) is 16.5 Å². The second-order valence-corrected chi connectivity index (χ2v) is 7.11. The quantitative estimate of drug-likeness (QED) is 0.392. The number of carbonyl (C=O) groups excluding carboxylic acids is 3. The third-order valence-electron chi connectivity index (χ3n) is 4.62. The predicted molar refractivity (Wildman–Crippen MR) is 111 cm³/mol. The average molecular weight is 448 g/mol. The molecule has 2 aromatic rings. The van der Waals surface area contributed by atoms with E-state index in [-0.39, 0.29) is 30.2 Å². The number of benzene rings is 2. The Hall–Kier alpha value is -3.66. The lowest BCUT2D eigenvalue weighted by atomic mass is 10.1. The third-order valence-corrected chi connectivity index (χ3v) is 4.87. The van der Waals surface area contributed by atoms with Crippen LogP contribution in [0, 0.1) is 16.0 Å². The lowest BCUT2D eigenvalue weighted by Gasteiger charge is -2.16. The molecule has 1 aliphatic heterocycles. The zero-order valence-electron chi connectivity index (χ0n) is 16.4. The molecule has 2 aromatic carbocycles. The summed E-state index contributed by atoms with van der Waals surface area (Å²) in [5.41, 5.74) is 0.184. The molecule has 10 nitrogen and oxygen atoms in total. The van der Waals surface area contributed by atoms with Gasteiger partial charge in [0.1, 0.15) is 11.4 Å². The maximum absolute atomic E-state index is 12.3. The van der Waals surface area contributed by atoms with Crippen molar-refractivity contribution in [2.75, 3.05) is 30.5 Å². The maximum Gasteiger partial charge on any atom is 0.311 e. The van der Waals surface area contributed by atoms with Gasteiger partial charge in [-0.1, -0.05) is 11.6 Å². The van der Waals surface area contributed by atoms with Gasteiger partial charge in [-0.2, -0.15) is 0 Å². The van der Waals surface area contributed by atoms with E-state index in [9.17, 15) is 24.5 Å². The number of hydrogen-bond donors (Lipinski definition) is 1. The number of esters is 1.